The third-order valence-electron chi connectivity index (χ3n) is 3.30. The van der Waals surface area contributed by atoms with Gasteiger partial charge in [-0.25, -0.2) is 4.98 Å². The van der Waals surface area contributed by atoms with Crippen molar-refractivity contribution in [3.63, 3.8) is 0 Å². The van der Waals surface area contributed by atoms with E-state index in [4.69, 9.17) is 4.74 Å². The van der Waals surface area contributed by atoms with Gasteiger partial charge in [0.05, 0.1) is 12.6 Å². The molecule has 2 atom stereocenters. The molecule has 1 fully saturated rings. The molecule has 1 aliphatic rings. The van der Waals surface area contributed by atoms with Crippen molar-refractivity contribution in [2.24, 2.45) is 7.05 Å². The number of rotatable bonds is 5. The second kappa shape index (κ2) is 5.46. The second-order valence-electron chi connectivity index (χ2n) is 4.40. The lowest BCUT2D eigenvalue weighted by atomic mass is 10.1. The van der Waals surface area contributed by atoms with Crippen molar-refractivity contribution in [3.05, 3.63) is 18.2 Å². The molecule has 1 saturated heterocycles. The van der Waals surface area contributed by atoms with E-state index in [1.165, 1.54) is 12.8 Å². The average Bonchev–Trinajstić information content (AvgIpc) is 2.92. The molecule has 2 unspecified atom stereocenters. The Balaban J connectivity index is 1.85. The lowest BCUT2D eigenvalue weighted by Crippen LogP contribution is -2.39. The summed E-state index contributed by atoms with van der Waals surface area (Å²) in [5.41, 5.74) is 0. The summed E-state index contributed by atoms with van der Waals surface area (Å²) in [6.45, 7) is 3.95. The Morgan fingerprint density at radius 3 is 3.12 bits per heavy atom. The van der Waals surface area contributed by atoms with Gasteiger partial charge >= 0.3 is 0 Å². The molecule has 90 valence electrons. The lowest BCUT2D eigenvalue weighted by Gasteiger charge is -2.22. The van der Waals surface area contributed by atoms with Gasteiger partial charge in [-0.05, 0) is 19.3 Å². The first-order valence-corrected chi connectivity index (χ1v) is 6.12. The topological polar surface area (TPSA) is 39.1 Å². The Kier molecular flexibility index (Phi) is 3.96. The number of hydrogen-bond acceptors (Lipinski definition) is 3. The van der Waals surface area contributed by atoms with E-state index in [1.54, 1.807) is 0 Å². The molecule has 0 aromatic carbocycles. The largest absolute Gasteiger partial charge is 0.377 e. The maximum absolute atomic E-state index is 5.72. The fourth-order valence-corrected chi connectivity index (χ4v) is 2.25. The summed E-state index contributed by atoms with van der Waals surface area (Å²) in [7, 11) is 2.02. The minimum atomic E-state index is 0.394. The highest BCUT2D eigenvalue weighted by Gasteiger charge is 2.24. The molecule has 4 nitrogen and oxygen atoms in total. The van der Waals surface area contributed by atoms with E-state index in [1.807, 2.05) is 19.4 Å². The van der Waals surface area contributed by atoms with Gasteiger partial charge in [0.25, 0.3) is 0 Å². The van der Waals surface area contributed by atoms with E-state index in [-0.39, 0.29) is 0 Å². The van der Waals surface area contributed by atoms with Gasteiger partial charge in [-0.15, -0.1) is 0 Å². The fraction of sp³-hybridized carbons (Fsp3) is 0.750. The molecule has 1 aromatic rings. The highest BCUT2D eigenvalue weighted by atomic mass is 16.5. The highest BCUT2D eigenvalue weighted by molar-refractivity contribution is 4.92. The molecule has 4 heteroatoms. The summed E-state index contributed by atoms with van der Waals surface area (Å²) in [5.74, 6) is 1.08. The third-order valence-corrected chi connectivity index (χ3v) is 3.30. The zero-order valence-corrected chi connectivity index (χ0v) is 10.1. The summed E-state index contributed by atoms with van der Waals surface area (Å²) in [5, 5.41) is 3.55. The van der Waals surface area contributed by atoms with Crippen LogP contribution in [-0.2, 0) is 18.3 Å². The summed E-state index contributed by atoms with van der Waals surface area (Å²) >= 11 is 0. The fourth-order valence-electron chi connectivity index (χ4n) is 2.25. The number of nitrogens with one attached hydrogen (secondary N) is 1. The van der Waals surface area contributed by atoms with Crippen LogP contribution in [0.15, 0.2) is 12.4 Å². The first kappa shape index (κ1) is 11.6. The van der Waals surface area contributed by atoms with Crippen LogP contribution in [0.4, 0.5) is 0 Å². The maximum atomic E-state index is 5.72. The SMILES string of the molecule is CCC(NCc1nccn1C)C1CCCO1. The van der Waals surface area contributed by atoms with E-state index in [9.17, 15) is 0 Å². The van der Waals surface area contributed by atoms with Crippen molar-refractivity contribution in [2.75, 3.05) is 6.61 Å². The van der Waals surface area contributed by atoms with Gasteiger partial charge in [0.15, 0.2) is 0 Å². The van der Waals surface area contributed by atoms with E-state index in [2.05, 4.69) is 21.8 Å². The number of hydrogen-bond donors (Lipinski definition) is 1. The summed E-state index contributed by atoms with van der Waals surface area (Å²) in [6, 6.07) is 0.458. The standard InChI is InChI=1S/C12H21N3O/c1-3-10(11-5-4-8-16-11)14-9-12-13-6-7-15(12)2/h6-7,10-11,14H,3-5,8-9H2,1-2H3. The number of nitrogens with zero attached hydrogens (tertiary/aromatic N) is 2. The Morgan fingerprint density at radius 2 is 2.56 bits per heavy atom. The van der Waals surface area contributed by atoms with Crippen LogP contribution in [0.1, 0.15) is 32.0 Å². The molecule has 0 amide bonds. The molecule has 1 aromatic heterocycles. The van der Waals surface area contributed by atoms with Gasteiger partial charge in [-0.3, -0.25) is 0 Å². The highest BCUT2D eigenvalue weighted by Crippen LogP contribution is 2.17. The third kappa shape index (κ3) is 2.62. The van der Waals surface area contributed by atoms with Gasteiger partial charge in [-0.1, -0.05) is 6.92 Å². The van der Waals surface area contributed by atoms with Crippen LogP contribution >= 0.6 is 0 Å². The van der Waals surface area contributed by atoms with Gasteiger partial charge in [0, 0.05) is 32.1 Å². The van der Waals surface area contributed by atoms with E-state index < -0.39 is 0 Å². The zero-order valence-electron chi connectivity index (χ0n) is 10.1. The van der Waals surface area contributed by atoms with Crippen molar-refractivity contribution < 1.29 is 4.74 Å². The van der Waals surface area contributed by atoms with Crippen LogP contribution in [0.5, 0.6) is 0 Å². The minimum Gasteiger partial charge on any atom is -0.377 e. The first-order valence-electron chi connectivity index (χ1n) is 6.12. The van der Waals surface area contributed by atoms with Gasteiger partial charge in [0.1, 0.15) is 5.82 Å². The maximum Gasteiger partial charge on any atom is 0.122 e. The van der Waals surface area contributed by atoms with Crippen molar-refractivity contribution >= 4 is 0 Å². The Morgan fingerprint density at radius 1 is 1.69 bits per heavy atom. The molecule has 0 radical (unpaired) electrons. The van der Waals surface area contributed by atoms with Gasteiger partial charge < -0.3 is 14.6 Å². The van der Waals surface area contributed by atoms with Crippen LogP contribution < -0.4 is 5.32 Å². The molecule has 16 heavy (non-hydrogen) atoms. The van der Waals surface area contributed by atoms with Crippen LogP contribution in [-0.4, -0.2) is 28.3 Å². The second-order valence-corrected chi connectivity index (χ2v) is 4.40. The van der Waals surface area contributed by atoms with Crippen LogP contribution in [0.3, 0.4) is 0 Å². The average molecular weight is 223 g/mol. The van der Waals surface area contributed by atoms with Gasteiger partial charge in [-0.2, -0.15) is 0 Å². The predicted octanol–water partition coefficient (Wildman–Crippen LogP) is 1.47. The molecule has 1 N–H and O–H groups in total. The van der Waals surface area contributed by atoms with Crippen molar-refractivity contribution in [3.8, 4) is 0 Å². The number of aryl methyl sites for hydroxylation is 1. The van der Waals surface area contributed by atoms with Crippen molar-refractivity contribution in [1.82, 2.24) is 14.9 Å². The van der Waals surface area contributed by atoms with Crippen LogP contribution in [0, 0.1) is 0 Å². The van der Waals surface area contributed by atoms with Crippen molar-refractivity contribution in [1.29, 1.82) is 0 Å². The smallest absolute Gasteiger partial charge is 0.122 e. The van der Waals surface area contributed by atoms with Crippen LogP contribution in [0.2, 0.25) is 0 Å². The van der Waals surface area contributed by atoms with Gasteiger partial charge in [0.2, 0.25) is 0 Å². The Bertz CT molecular complexity index is 318. The zero-order chi connectivity index (χ0) is 11.4. The number of ether oxygens (including phenoxy) is 1. The summed E-state index contributed by atoms with van der Waals surface area (Å²) in [4.78, 5) is 4.31. The first-order chi connectivity index (χ1) is 7.81. The van der Waals surface area contributed by atoms with Crippen LogP contribution in [0.25, 0.3) is 0 Å². The lowest BCUT2D eigenvalue weighted by molar-refractivity contribution is 0.0761. The number of aromatic nitrogens is 2. The molecule has 2 heterocycles. The summed E-state index contributed by atoms with van der Waals surface area (Å²) < 4.78 is 7.77. The Hall–Kier alpha value is -0.870. The Labute approximate surface area is 97.0 Å². The van der Waals surface area contributed by atoms with E-state index >= 15 is 0 Å². The molecule has 2 rings (SSSR count). The van der Waals surface area contributed by atoms with Crippen molar-refractivity contribution in [2.45, 2.75) is 44.9 Å². The quantitative estimate of drug-likeness (QED) is 0.821. The molecule has 0 spiro atoms. The monoisotopic (exact) mass is 223 g/mol. The summed E-state index contributed by atoms with van der Waals surface area (Å²) in [6.07, 6.45) is 7.70. The van der Waals surface area contributed by atoms with E-state index in [0.717, 1.165) is 25.4 Å². The number of imidazole rings is 1. The molecule has 0 saturated carbocycles. The van der Waals surface area contributed by atoms with E-state index in [0.29, 0.717) is 12.1 Å². The molecular formula is C12H21N3O. The molecule has 1 aliphatic heterocycles. The normalized spacial score (nSPS) is 22.5. The molecule has 0 bridgehead atoms. The minimum absolute atomic E-state index is 0.394. The molecular weight excluding hydrogens is 202 g/mol. The molecule has 0 aliphatic carbocycles. The predicted molar refractivity (Wildman–Crippen MR) is 63.1 cm³/mol.